The third-order valence-corrected chi connectivity index (χ3v) is 5.88. The third-order valence-electron chi connectivity index (χ3n) is 3.74. The van der Waals surface area contributed by atoms with Crippen molar-refractivity contribution in [1.82, 2.24) is 9.62 Å². The fraction of sp³-hybridized carbons (Fsp3) is 0.467. The number of urea groups is 1. The Hall–Kier alpha value is -2.04. The smallest absolute Gasteiger partial charge is 0.319 e. The summed E-state index contributed by atoms with van der Waals surface area (Å²) in [6.45, 7) is 4.16. The fourth-order valence-corrected chi connectivity index (χ4v) is 4.88. The van der Waals surface area contributed by atoms with Crippen LogP contribution in [0, 0.1) is 5.92 Å². The van der Waals surface area contributed by atoms with Crippen molar-refractivity contribution in [2.24, 2.45) is 11.7 Å². The van der Waals surface area contributed by atoms with E-state index in [0.717, 1.165) is 8.61 Å². The van der Waals surface area contributed by atoms with Gasteiger partial charge in [-0.05, 0) is 31.0 Å². The molecule has 1 aliphatic heterocycles. The lowest BCUT2D eigenvalue weighted by molar-refractivity contribution is -0.118. The first-order chi connectivity index (χ1) is 12.1. The maximum atomic E-state index is 12.8. The lowest BCUT2D eigenvalue weighted by atomic mass is 10.1. The molecular formula is C15H22ClN5O4S. The molecule has 3 amide bonds. The number of nitrogens with one attached hydrogen (secondary N) is 2. The monoisotopic (exact) mass is 403 g/mol. The van der Waals surface area contributed by atoms with E-state index in [9.17, 15) is 18.0 Å². The second-order valence-electron chi connectivity index (χ2n) is 6.05. The van der Waals surface area contributed by atoms with Gasteiger partial charge in [0.25, 0.3) is 0 Å². The molecule has 0 spiro atoms. The molecule has 1 atom stereocenters. The maximum absolute atomic E-state index is 12.8. The van der Waals surface area contributed by atoms with Gasteiger partial charge in [-0.2, -0.15) is 12.7 Å². The Bertz CT molecular complexity index is 801. The lowest BCUT2D eigenvalue weighted by Gasteiger charge is -2.38. The number of halogens is 1. The van der Waals surface area contributed by atoms with Gasteiger partial charge in [0.1, 0.15) is 0 Å². The van der Waals surface area contributed by atoms with E-state index >= 15 is 0 Å². The summed E-state index contributed by atoms with van der Waals surface area (Å²) < 4.78 is 27.8. The number of amides is 3. The Labute approximate surface area is 157 Å². The fourth-order valence-electron chi connectivity index (χ4n) is 2.68. The van der Waals surface area contributed by atoms with Crippen LogP contribution in [0.2, 0.25) is 5.02 Å². The highest BCUT2D eigenvalue weighted by Gasteiger charge is 2.38. The zero-order valence-electron chi connectivity index (χ0n) is 14.5. The summed E-state index contributed by atoms with van der Waals surface area (Å²) in [7, 11) is -3.93. The van der Waals surface area contributed by atoms with Crippen molar-refractivity contribution in [3.05, 3.63) is 23.2 Å². The summed E-state index contributed by atoms with van der Waals surface area (Å²) in [6.07, 6.45) is 0. The van der Waals surface area contributed by atoms with Gasteiger partial charge in [-0.25, -0.2) is 4.79 Å². The molecule has 1 saturated heterocycles. The molecule has 0 aromatic heterocycles. The predicted octanol–water partition coefficient (Wildman–Crippen LogP) is 0.970. The van der Waals surface area contributed by atoms with Crippen molar-refractivity contribution < 1.29 is 18.0 Å². The number of hydrogen-bond donors (Lipinski definition) is 3. The van der Waals surface area contributed by atoms with Crippen LogP contribution in [0.4, 0.5) is 16.2 Å². The lowest BCUT2D eigenvalue weighted by Crippen LogP contribution is -2.55. The first-order valence-electron chi connectivity index (χ1n) is 8.05. The molecule has 1 aromatic carbocycles. The number of nitrogens with two attached hydrogens (primary N) is 1. The molecule has 0 saturated carbocycles. The van der Waals surface area contributed by atoms with E-state index in [0.29, 0.717) is 12.2 Å². The minimum absolute atomic E-state index is 0.0259. The summed E-state index contributed by atoms with van der Waals surface area (Å²) in [5, 5.41) is 5.35. The quantitative estimate of drug-likeness (QED) is 0.677. The first kappa shape index (κ1) is 20.3. The van der Waals surface area contributed by atoms with E-state index < -0.39 is 22.7 Å². The van der Waals surface area contributed by atoms with Crippen LogP contribution in [-0.4, -0.2) is 50.8 Å². The van der Waals surface area contributed by atoms with Crippen LogP contribution in [0.1, 0.15) is 13.8 Å². The Morgan fingerprint density at radius 1 is 1.35 bits per heavy atom. The minimum Gasteiger partial charge on any atom is -0.369 e. The summed E-state index contributed by atoms with van der Waals surface area (Å²) in [6, 6.07) is 4.16. The average Bonchev–Trinajstić information content (AvgIpc) is 2.51. The van der Waals surface area contributed by atoms with E-state index in [1.807, 2.05) is 6.92 Å². The van der Waals surface area contributed by atoms with E-state index in [1.54, 1.807) is 13.0 Å². The van der Waals surface area contributed by atoms with Gasteiger partial charge in [0.15, 0.2) is 0 Å². The summed E-state index contributed by atoms with van der Waals surface area (Å²) in [5.74, 6) is -0.753. The molecule has 11 heteroatoms. The molecule has 1 fully saturated rings. The van der Waals surface area contributed by atoms with Gasteiger partial charge in [0.2, 0.25) is 5.91 Å². The van der Waals surface area contributed by atoms with E-state index in [1.165, 1.54) is 12.1 Å². The molecule has 26 heavy (non-hydrogen) atoms. The van der Waals surface area contributed by atoms with E-state index in [4.69, 9.17) is 17.3 Å². The number of primary amides is 1. The number of carbonyl (C=O) groups is 2. The van der Waals surface area contributed by atoms with Crippen molar-refractivity contribution in [1.29, 1.82) is 0 Å². The van der Waals surface area contributed by atoms with E-state index in [-0.39, 0.29) is 35.7 Å². The molecule has 9 nitrogen and oxygen atoms in total. The Kier molecular flexibility index (Phi) is 6.32. The Balaban J connectivity index is 2.30. The predicted molar refractivity (Wildman–Crippen MR) is 100 cm³/mol. The highest BCUT2D eigenvalue weighted by molar-refractivity contribution is 7.90. The molecule has 0 bridgehead atoms. The summed E-state index contributed by atoms with van der Waals surface area (Å²) in [5.41, 5.74) is 5.86. The molecule has 0 radical (unpaired) electrons. The zero-order valence-corrected chi connectivity index (χ0v) is 16.1. The average molecular weight is 404 g/mol. The van der Waals surface area contributed by atoms with Gasteiger partial charge in [-0.3, -0.25) is 9.10 Å². The first-order valence-corrected chi connectivity index (χ1v) is 9.83. The van der Waals surface area contributed by atoms with Gasteiger partial charge in [-0.15, -0.1) is 0 Å². The zero-order chi connectivity index (χ0) is 19.5. The molecule has 1 heterocycles. The topological polar surface area (TPSA) is 125 Å². The summed E-state index contributed by atoms with van der Waals surface area (Å²) >= 11 is 6.26. The number of benzene rings is 1. The van der Waals surface area contributed by atoms with Crippen LogP contribution in [0.25, 0.3) is 0 Å². The Morgan fingerprint density at radius 2 is 2.04 bits per heavy atom. The van der Waals surface area contributed by atoms with Crippen LogP contribution in [0.5, 0.6) is 0 Å². The largest absolute Gasteiger partial charge is 0.369 e. The maximum Gasteiger partial charge on any atom is 0.319 e. The number of nitrogens with zero attached hydrogens (tertiary/aromatic N) is 2. The van der Waals surface area contributed by atoms with Gasteiger partial charge in [0, 0.05) is 25.3 Å². The van der Waals surface area contributed by atoms with E-state index in [2.05, 4.69) is 10.6 Å². The number of carbonyl (C=O) groups excluding carboxylic acids is 2. The summed E-state index contributed by atoms with van der Waals surface area (Å²) in [4.78, 5) is 22.8. The van der Waals surface area contributed by atoms with Crippen LogP contribution >= 0.6 is 11.6 Å². The van der Waals surface area contributed by atoms with Gasteiger partial charge < -0.3 is 16.4 Å². The standard InChI is InChI=1S/C15H22ClN5O4S/c1-3-18-15(23)19-11-4-5-13(12(16)6-11)21-8-10(2)7-20(9-14(17)22)26(21,24)25/h4-6,10H,3,7-9H2,1-2H3,(H2,17,22)(H2,18,19,23). The van der Waals surface area contributed by atoms with Gasteiger partial charge in [-0.1, -0.05) is 18.5 Å². The van der Waals surface area contributed by atoms with Crippen LogP contribution in [0.3, 0.4) is 0 Å². The van der Waals surface area contributed by atoms with Crippen molar-refractivity contribution in [3.8, 4) is 0 Å². The SMILES string of the molecule is CCNC(=O)Nc1ccc(N2CC(C)CN(CC(N)=O)S2(=O)=O)c(Cl)c1. The third kappa shape index (κ3) is 4.57. The molecule has 4 N–H and O–H groups in total. The van der Waals surface area contributed by atoms with Crippen molar-refractivity contribution >= 4 is 45.1 Å². The highest BCUT2D eigenvalue weighted by atomic mass is 35.5. The Morgan fingerprint density at radius 3 is 2.62 bits per heavy atom. The molecule has 144 valence electrons. The van der Waals surface area contributed by atoms with Crippen molar-refractivity contribution in [2.75, 3.05) is 35.8 Å². The number of anilines is 2. The minimum atomic E-state index is -3.93. The van der Waals surface area contributed by atoms with Gasteiger partial charge >= 0.3 is 16.2 Å². The van der Waals surface area contributed by atoms with Crippen molar-refractivity contribution in [3.63, 3.8) is 0 Å². The normalized spacial score (nSPS) is 19.8. The number of rotatable bonds is 5. The second-order valence-corrected chi connectivity index (χ2v) is 8.31. The molecule has 1 aromatic rings. The number of hydrogen-bond acceptors (Lipinski definition) is 4. The van der Waals surface area contributed by atoms with Crippen LogP contribution in [-0.2, 0) is 15.0 Å². The van der Waals surface area contributed by atoms with Crippen LogP contribution in [0.15, 0.2) is 18.2 Å². The molecular weight excluding hydrogens is 382 g/mol. The van der Waals surface area contributed by atoms with Crippen LogP contribution < -0.4 is 20.7 Å². The molecule has 2 rings (SSSR count). The van der Waals surface area contributed by atoms with Crippen molar-refractivity contribution in [2.45, 2.75) is 13.8 Å². The van der Waals surface area contributed by atoms with Gasteiger partial charge in [0.05, 0.1) is 17.3 Å². The molecule has 1 aliphatic rings. The molecule has 1 unspecified atom stereocenters. The second kappa shape index (κ2) is 8.11. The highest BCUT2D eigenvalue weighted by Crippen LogP contribution is 2.34. The molecule has 0 aliphatic carbocycles.